The van der Waals surface area contributed by atoms with Crippen molar-refractivity contribution < 1.29 is 4.74 Å². The van der Waals surface area contributed by atoms with E-state index in [1.807, 2.05) is 24.3 Å². The minimum absolute atomic E-state index is 0.0197. The van der Waals surface area contributed by atoms with Crippen LogP contribution in [0, 0.1) is 0 Å². The average Bonchev–Trinajstić information content (AvgIpc) is 3.08. The molecule has 1 aliphatic rings. The third-order valence-electron chi connectivity index (χ3n) is 5.18. The van der Waals surface area contributed by atoms with Crippen molar-refractivity contribution in [3.63, 3.8) is 0 Å². The molecule has 3 aromatic rings. The zero-order valence-corrected chi connectivity index (χ0v) is 16.6. The van der Waals surface area contributed by atoms with Crippen LogP contribution in [0.15, 0.2) is 34.2 Å². The van der Waals surface area contributed by atoms with E-state index >= 15 is 0 Å². The van der Waals surface area contributed by atoms with Crippen molar-refractivity contribution in [1.82, 2.24) is 19.4 Å². The van der Waals surface area contributed by atoms with Crippen LogP contribution < -0.4 is 5.56 Å². The van der Waals surface area contributed by atoms with Crippen LogP contribution in [-0.4, -0.2) is 58.5 Å². The van der Waals surface area contributed by atoms with E-state index in [0.29, 0.717) is 18.7 Å². The lowest BCUT2D eigenvalue weighted by atomic mass is 10.1. The molecule has 0 amide bonds. The van der Waals surface area contributed by atoms with Crippen molar-refractivity contribution in [3.8, 4) is 0 Å². The molecule has 1 N–H and O–H groups in total. The summed E-state index contributed by atoms with van der Waals surface area (Å²) in [7, 11) is 1.66. The molecule has 1 fully saturated rings. The molecular weight excluding hydrogens is 360 g/mol. The Bertz CT molecular complexity index is 975. The second kappa shape index (κ2) is 8.46. The molecular formula is C20H26N4O2S. The number of ether oxygens (including phenoxy) is 1. The molecule has 0 radical (unpaired) electrons. The Morgan fingerprint density at radius 3 is 2.81 bits per heavy atom. The van der Waals surface area contributed by atoms with E-state index in [2.05, 4.69) is 9.88 Å². The highest BCUT2D eigenvalue weighted by Crippen LogP contribution is 2.24. The molecule has 6 nitrogen and oxygen atoms in total. The largest absolute Gasteiger partial charge is 0.383 e. The number of benzene rings is 1. The van der Waals surface area contributed by atoms with E-state index in [-0.39, 0.29) is 5.56 Å². The molecule has 27 heavy (non-hydrogen) atoms. The predicted octanol–water partition coefficient (Wildman–Crippen LogP) is 3.10. The highest BCUT2D eigenvalue weighted by atomic mass is 32.2. The van der Waals surface area contributed by atoms with Gasteiger partial charge in [0.15, 0.2) is 5.16 Å². The van der Waals surface area contributed by atoms with Crippen molar-refractivity contribution in [2.24, 2.45) is 0 Å². The second-order valence-electron chi connectivity index (χ2n) is 6.99. The highest BCUT2D eigenvalue weighted by molar-refractivity contribution is 7.99. The monoisotopic (exact) mass is 386 g/mol. The molecule has 2 aromatic heterocycles. The maximum Gasteiger partial charge on any atom is 0.278 e. The van der Waals surface area contributed by atoms with Gasteiger partial charge in [0, 0.05) is 30.3 Å². The maximum absolute atomic E-state index is 13.1. The number of H-pyrrole nitrogens is 1. The number of nitrogens with one attached hydrogen (secondary N) is 1. The van der Waals surface area contributed by atoms with Gasteiger partial charge in [-0.1, -0.05) is 36.4 Å². The number of rotatable bonds is 7. The van der Waals surface area contributed by atoms with Crippen LogP contribution in [-0.2, 0) is 11.3 Å². The first kappa shape index (κ1) is 18.5. The summed E-state index contributed by atoms with van der Waals surface area (Å²) >= 11 is 1.67. The number of piperidine rings is 1. The van der Waals surface area contributed by atoms with Crippen LogP contribution in [0.5, 0.6) is 0 Å². The molecule has 0 spiro atoms. The quantitative estimate of drug-likeness (QED) is 0.499. The summed E-state index contributed by atoms with van der Waals surface area (Å²) in [4.78, 5) is 23.7. The summed E-state index contributed by atoms with van der Waals surface area (Å²) in [5.41, 5.74) is 2.28. The standard InChI is InChI=1S/C20H26N4O2S/c1-26-13-11-24-19(25)18-17(15-7-3-4-8-16(15)21-18)22-20(24)27-14-12-23-9-5-2-6-10-23/h3-4,7-8,21H,2,5-6,9-14H2,1H3. The summed E-state index contributed by atoms with van der Waals surface area (Å²) in [5, 5.41) is 1.78. The first-order valence-corrected chi connectivity index (χ1v) is 10.6. The van der Waals surface area contributed by atoms with Gasteiger partial charge in [0.25, 0.3) is 5.56 Å². The lowest BCUT2D eigenvalue weighted by Gasteiger charge is -2.26. The van der Waals surface area contributed by atoms with Crippen LogP contribution in [0.2, 0.25) is 0 Å². The number of nitrogens with zero attached hydrogens (tertiary/aromatic N) is 3. The molecule has 4 rings (SSSR count). The van der Waals surface area contributed by atoms with Crippen molar-refractivity contribution in [1.29, 1.82) is 0 Å². The number of hydrogen-bond acceptors (Lipinski definition) is 5. The molecule has 144 valence electrons. The SMILES string of the molecule is COCCn1c(SCCN2CCCCC2)nc2c([nH]c3ccccc32)c1=O. The molecule has 0 aliphatic carbocycles. The highest BCUT2D eigenvalue weighted by Gasteiger charge is 2.16. The van der Waals surface area contributed by atoms with Gasteiger partial charge in [0.05, 0.1) is 13.2 Å². The van der Waals surface area contributed by atoms with E-state index in [4.69, 9.17) is 9.72 Å². The number of thioether (sulfide) groups is 1. The smallest absolute Gasteiger partial charge is 0.278 e. The van der Waals surface area contributed by atoms with Crippen LogP contribution in [0.3, 0.4) is 0 Å². The van der Waals surface area contributed by atoms with Crippen molar-refractivity contribution >= 4 is 33.7 Å². The van der Waals surface area contributed by atoms with E-state index in [1.165, 1.54) is 32.4 Å². The van der Waals surface area contributed by atoms with Gasteiger partial charge in [0.1, 0.15) is 11.0 Å². The summed E-state index contributed by atoms with van der Waals surface area (Å²) in [5.74, 6) is 0.938. The van der Waals surface area contributed by atoms with Gasteiger partial charge < -0.3 is 14.6 Å². The van der Waals surface area contributed by atoms with Gasteiger partial charge >= 0.3 is 0 Å². The Morgan fingerprint density at radius 2 is 2.00 bits per heavy atom. The molecule has 0 bridgehead atoms. The minimum atomic E-state index is -0.0197. The Kier molecular flexibility index (Phi) is 5.80. The number of aromatic amines is 1. The van der Waals surface area contributed by atoms with Gasteiger partial charge in [-0.15, -0.1) is 0 Å². The zero-order chi connectivity index (χ0) is 18.6. The van der Waals surface area contributed by atoms with Gasteiger partial charge in [-0.25, -0.2) is 4.98 Å². The third kappa shape index (κ3) is 3.90. The fraction of sp³-hybridized carbons (Fsp3) is 0.500. The molecule has 0 saturated carbocycles. The van der Waals surface area contributed by atoms with Crippen molar-refractivity contribution in [2.75, 3.05) is 39.1 Å². The van der Waals surface area contributed by atoms with Gasteiger partial charge in [0.2, 0.25) is 0 Å². The lowest BCUT2D eigenvalue weighted by Crippen LogP contribution is -2.32. The minimum Gasteiger partial charge on any atom is -0.383 e. The molecule has 3 heterocycles. The number of aromatic nitrogens is 3. The molecule has 1 aromatic carbocycles. The number of para-hydroxylation sites is 1. The fourth-order valence-corrected chi connectivity index (χ4v) is 4.73. The first-order chi connectivity index (χ1) is 13.3. The number of methoxy groups -OCH3 is 1. The van der Waals surface area contributed by atoms with Gasteiger partial charge in [-0.3, -0.25) is 9.36 Å². The normalized spacial score (nSPS) is 15.7. The Balaban J connectivity index is 1.65. The number of hydrogen-bond donors (Lipinski definition) is 1. The van der Waals surface area contributed by atoms with Gasteiger partial charge in [-0.2, -0.15) is 0 Å². The summed E-state index contributed by atoms with van der Waals surface area (Å²) in [6.45, 7) is 4.42. The molecule has 7 heteroatoms. The van der Waals surface area contributed by atoms with Crippen LogP contribution in [0.1, 0.15) is 19.3 Å². The fourth-order valence-electron chi connectivity index (χ4n) is 3.71. The predicted molar refractivity (Wildman–Crippen MR) is 111 cm³/mol. The lowest BCUT2D eigenvalue weighted by molar-refractivity contribution is 0.183. The van der Waals surface area contributed by atoms with Crippen LogP contribution in [0.4, 0.5) is 0 Å². The number of likely N-dealkylation sites (tertiary alicyclic amines) is 1. The molecule has 0 unspecified atom stereocenters. The molecule has 0 atom stereocenters. The van der Waals surface area contributed by atoms with E-state index in [9.17, 15) is 4.79 Å². The summed E-state index contributed by atoms with van der Waals surface area (Å²) in [6.07, 6.45) is 3.94. The topological polar surface area (TPSA) is 63.1 Å². The summed E-state index contributed by atoms with van der Waals surface area (Å²) in [6, 6.07) is 7.95. The first-order valence-electron chi connectivity index (χ1n) is 9.63. The van der Waals surface area contributed by atoms with Crippen molar-refractivity contribution in [2.45, 2.75) is 31.0 Å². The van der Waals surface area contributed by atoms with E-state index < -0.39 is 0 Å². The summed E-state index contributed by atoms with van der Waals surface area (Å²) < 4.78 is 6.96. The van der Waals surface area contributed by atoms with Crippen LogP contribution >= 0.6 is 11.8 Å². The zero-order valence-electron chi connectivity index (χ0n) is 15.7. The Hall–Kier alpha value is -1.83. The van der Waals surface area contributed by atoms with E-state index in [1.54, 1.807) is 23.4 Å². The van der Waals surface area contributed by atoms with Crippen molar-refractivity contribution in [3.05, 3.63) is 34.6 Å². The average molecular weight is 387 g/mol. The Labute approximate surface area is 162 Å². The maximum atomic E-state index is 13.1. The van der Waals surface area contributed by atoms with Gasteiger partial charge in [-0.05, 0) is 32.0 Å². The molecule has 1 saturated heterocycles. The Morgan fingerprint density at radius 1 is 1.19 bits per heavy atom. The second-order valence-corrected chi connectivity index (χ2v) is 8.05. The molecule has 1 aliphatic heterocycles. The van der Waals surface area contributed by atoms with E-state index in [0.717, 1.165) is 33.9 Å². The third-order valence-corrected chi connectivity index (χ3v) is 6.14. The number of fused-ring (bicyclic) bond motifs is 3. The van der Waals surface area contributed by atoms with Crippen LogP contribution in [0.25, 0.3) is 21.9 Å².